The molecule has 0 aromatic heterocycles. The largest absolute Gasteiger partial charge is 0.325 e. The van der Waals surface area contributed by atoms with Crippen LogP contribution in [0.5, 0.6) is 0 Å². The van der Waals surface area contributed by atoms with E-state index in [1.54, 1.807) is 13.0 Å². The highest BCUT2D eigenvalue weighted by Gasteiger charge is 2.34. The van der Waals surface area contributed by atoms with Gasteiger partial charge in [-0.1, -0.05) is 59.8 Å². The maximum atomic E-state index is 13.5. The minimum Gasteiger partial charge on any atom is -0.325 e. The summed E-state index contributed by atoms with van der Waals surface area (Å²) >= 11 is 1.18. The molecule has 1 heterocycles. The zero-order chi connectivity index (χ0) is 25.1. The number of nitrogens with one attached hydrogen (secondary N) is 1. The Balaban J connectivity index is 1.62. The highest BCUT2D eigenvalue weighted by atomic mass is 32.2. The number of carbonyl (C=O) groups excluding carboxylic acids is 2. The molecule has 4 rings (SSSR count). The molecule has 3 aromatic carbocycles. The second kappa shape index (κ2) is 10.3. The number of rotatable bonds is 5. The third-order valence-corrected chi connectivity index (χ3v) is 6.65. The standard InChI is InChI=1S/C28H26FN3O2S/c1-17-14-18(2)25(19(3)15-17)31-26(33)20(4)35-28-30-24(16-21-8-6-5-7-9-21)27(34)32(28)23-12-10-22(29)11-13-23/h5-16,20H,1-4H3,(H,31,33)/b24-16-. The van der Waals surface area contributed by atoms with Crippen molar-refractivity contribution in [2.24, 2.45) is 4.99 Å². The van der Waals surface area contributed by atoms with Gasteiger partial charge in [-0.15, -0.1) is 0 Å². The molecule has 3 aromatic rings. The molecule has 0 saturated heterocycles. The number of halogens is 1. The van der Waals surface area contributed by atoms with Gasteiger partial charge in [0.2, 0.25) is 5.91 Å². The van der Waals surface area contributed by atoms with E-state index in [1.807, 2.05) is 63.2 Å². The number of thioether (sulfide) groups is 1. The molecule has 0 radical (unpaired) electrons. The summed E-state index contributed by atoms with van der Waals surface area (Å²) in [6.07, 6.45) is 1.70. The fraction of sp³-hybridized carbons (Fsp3) is 0.179. The topological polar surface area (TPSA) is 61.8 Å². The van der Waals surface area contributed by atoms with Gasteiger partial charge in [0.25, 0.3) is 5.91 Å². The molecule has 1 unspecified atom stereocenters. The predicted molar refractivity (Wildman–Crippen MR) is 142 cm³/mol. The summed E-state index contributed by atoms with van der Waals surface area (Å²) in [7, 11) is 0. The van der Waals surface area contributed by atoms with Crippen molar-refractivity contribution >= 4 is 46.2 Å². The molecule has 0 saturated carbocycles. The van der Waals surface area contributed by atoms with E-state index in [1.165, 1.54) is 40.9 Å². The summed E-state index contributed by atoms with van der Waals surface area (Å²) in [5.74, 6) is -0.927. The molecule has 35 heavy (non-hydrogen) atoms. The van der Waals surface area contributed by atoms with Crippen LogP contribution in [0.1, 0.15) is 29.2 Å². The van der Waals surface area contributed by atoms with Crippen molar-refractivity contribution in [2.45, 2.75) is 32.9 Å². The first-order valence-electron chi connectivity index (χ1n) is 11.2. The quantitative estimate of drug-likeness (QED) is 0.433. The molecule has 5 nitrogen and oxygen atoms in total. The van der Waals surface area contributed by atoms with Gasteiger partial charge in [0, 0.05) is 5.69 Å². The lowest BCUT2D eigenvalue weighted by atomic mass is 10.1. The molecule has 0 aliphatic carbocycles. The maximum Gasteiger partial charge on any atom is 0.283 e. The molecule has 178 valence electrons. The van der Waals surface area contributed by atoms with Crippen LogP contribution < -0.4 is 10.2 Å². The van der Waals surface area contributed by atoms with Crippen molar-refractivity contribution < 1.29 is 14.0 Å². The van der Waals surface area contributed by atoms with E-state index in [2.05, 4.69) is 10.3 Å². The summed E-state index contributed by atoms with van der Waals surface area (Å²) in [6.45, 7) is 7.71. The van der Waals surface area contributed by atoms with Gasteiger partial charge in [0.1, 0.15) is 11.5 Å². The minimum atomic E-state index is -0.541. The van der Waals surface area contributed by atoms with E-state index in [4.69, 9.17) is 0 Å². The van der Waals surface area contributed by atoms with Crippen molar-refractivity contribution in [1.29, 1.82) is 0 Å². The van der Waals surface area contributed by atoms with Gasteiger partial charge in [0.05, 0.1) is 10.9 Å². The van der Waals surface area contributed by atoms with E-state index in [0.29, 0.717) is 10.9 Å². The number of benzene rings is 3. The average molecular weight is 488 g/mol. The van der Waals surface area contributed by atoms with E-state index in [0.717, 1.165) is 27.9 Å². The van der Waals surface area contributed by atoms with Crippen molar-refractivity contribution in [3.8, 4) is 0 Å². The second-order valence-corrected chi connectivity index (χ2v) is 9.78. The Hall–Kier alpha value is -3.71. The van der Waals surface area contributed by atoms with Crippen molar-refractivity contribution in [3.63, 3.8) is 0 Å². The number of hydrogen-bond donors (Lipinski definition) is 1. The first-order chi connectivity index (χ1) is 16.7. The number of nitrogens with zero attached hydrogens (tertiary/aromatic N) is 2. The molecule has 1 aliphatic heterocycles. The molecule has 1 aliphatic rings. The van der Waals surface area contributed by atoms with E-state index in [9.17, 15) is 14.0 Å². The van der Waals surface area contributed by atoms with Gasteiger partial charge in [-0.05, 0) is 74.7 Å². The maximum absolute atomic E-state index is 13.5. The van der Waals surface area contributed by atoms with Gasteiger partial charge in [-0.2, -0.15) is 0 Å². The van der Waals surface area contributed by atoms with Crippen LogP contribution >= 0.6 is 11.8 Å². The number of carbonyl (C=O) groups is 2. The Morgan fingerprint density at radius 1 is 1.03 bits per heavy atom. The lowest BCUT2D eigenvalue weighted by Gasteiger charge is -2.20. The summed E-state index contributed by atoms with van der Waals surface area (Å²) in [5, 5.41) is 2.84. The first kappa shape index (κ1) is 24.4. The monoisotopic (exact) mass is 487 g/mol. The van der Waals surface area contributed by atoms with Crippen molar-refractivity contribution in [1.82, 2.24) is 0 Å². The van der Waals surface area contributed by atoms with Gasteiger partial charge in [0.15, 0.2) is 5.17 Å². The Labute approximate surface area is 208 Å². The molecule has 0 spiro atoms. The molecule has 0 bridgehead atoms. The van der Waals surface area contributed by atoms with Crippen LogP contribution in [0.15, 0.2) is 77.4 Å². The van der Waals surface area contributed by atoms with E-state index < -0.39 is 11.1 Å². The van der Waals surface area contributed by atoms with Crippen molar-refractivity contribution in [3.05, 3.63) is 100 Å². The predicted octanol–water partition coefficient (Wildman–Crippen LogP) is 6.26. The number of amides is 2. The number of aliphatic imine (C=N–C) groups is 1. The molecular formula is C28H26FN3O2S. The SMILES string of the molecule is Cc1cc(C)c(NC(=O)C(C)SC2=N/C(=C\c3ccccc3)C(=O)N2c2ccc(F)cc2)c(C)c1. The fourth-order valence-corrected chi connectivity index (χ4v) is 4.84. The molecule has 7 heteroatoms. The molecule has 0 fully saturated rings. The van der Waals surface area contributed by atoms with E-state index >= 15 is 0 Å². The van der Waals surface area contributed by atoms with Crippen LogP contribution in [0.2, 0.25) is 0 Å². The number of hydrogen-bond acceptors (Lipinski definition) is 4. The molecule has 1 N–H and O–H groups in total. The van der Waals surface area contributed by atoms with Crippen LogP contribution in [-0.2, 0) is 9.59 Å². The van der Waals surface area contributed by atoms with E-state index in [-0.39, 0.29) is 17.5 Å². The first-order valence-corrected chi connectivity index (χ1v) is 12.1. The third-order valence-electron chi connectivity index (χ3n) is 5.59. The highest BCUT2D eigenvalue weighted by molar-refractivity contribution is 8.15. The van der Waals surface area contributed by atoms with Crippen LogP contribution in [-0.4, -0.2) is 22.2 Å². The van der Waals surface area contributed by atoms with Crippen LogP contribution in [0.3, 0.4) is 0 Å². The molecule has 1 atom stereocenters. The summed E-state index contributed by atoms with van der Waals surface area (Å²) in [6, 6.07) is 19.1. The minimum absolute atomic E-state index is 0.195. The van der Waals surface area contributed by atoms with Crippen molar-refractivity contribution in [2.75, 3.05) is 10.2 Å². The second-order valence-electron chi connectivity index (χ2n) is 8.47. The Morgan fingerprint density at radius 2 is 1.66 bits per heavy atom. The third kappa shape index (κ3) is 5.52. The summed E-state index contributed by atoms with van der Waals surface area (Å²) in [5.41, 5.74) is 5.47. The zero-order valence-electron chi connectivity index (χ0n) is 20.0. The smallest absolute Gasteiger partial charge is 0.283 e. The van der Waals surface area contributed by atoms with Gasteiger partial charge in [-0.25, -0.2) is 9.38 Å². The zero-order valence-corrected chi connectivity index (χ0v) is 20.8. The average Bonchev–Trinajstić information content (AvgIpc) is 3.11. The normalized spacial score (nSPS) is 15.3. The summed E-state index contributed by atoms with van der Waals surface area (Å²) < 4.78 is 13.5. The summed E-state index contributed by atoms with van der Waals surface area (Å²) in [4.78, 5) is 32.4. The Bertz CT molecular complexity index is 1310. The lowest BCUT2D eigenvalue weighted by molar-refractivity contribution is -0.115. The Kier molecular flexibility index (Phi) is 7.17. The molecular weight excluding hydrogens is 461 g/mol. The van der Waals surface area contributed by atoms with Gasteiger partial charge < -0.3 is 5.32 Å². The number of aryl methyl sites for hydroxylation is 3. The number of amidine groups is 1. The Morgan fingerprint density at radius 3 is 2.29 bits per heavy atom. The lowest BCUT2D eigenvalue weighted by Crippen LogP contribution is -2.33. The number of anilines is 2. The van der Waals surface area contributed by atoms with Gasteiger partial charge >= 0.3 is 0 Å². The highest BCUT2D eigenvalue weighted by Crippen LogP contribution is 2.32. The van der Waals surface area contributed by atoms with Gasteiger partial charge in [-0.3, -0.25) is 14.5 Å². The van der Waals surface area contributed by atoms with Crippen LogP contribution in [0, 0.1) is 26.6 Å². The fourth-order valence-electron chi connectivity index (χ4n) is 3.91. The van der Waals surface area contributed by atoms with Crippen LogP contribution in [0.25, 0.3) is 6.08 Å². The molecule has 2 amide bonds. The van der Waals surface area contributed by atoms with Crippen LogP contribution in [0.4, 0.5) is 15.8 Å².